The minimum Gasteiger partial charge on any atom is -0.430 e. The maximum Gasteiger partial charge on any atom is 0.418 e. The van der Waals surface area contributed by atoms with E-state index in [1.54, 1.807) is 24.3 Å². The highest BCUT2D eigenvalue weighted by atomic mass is 16.6. The molecule has 42 heavy (non-hydrogen) atoms. The Balaban J connectivity index is 1.56. The van der Waals surface area contributed by atoms with Gasteiger partial charge < -0.3 is 9.47 Å². The number of nitrogens with zero attached hydrogens (tertiary/aromatic N) is 2. The molecule has 0 aromatic heterocycles. The first-order valence-corrected chi connectivity index (χ1v) is 14.2. The summed E-state index contributed by atoms with van der Waals surface area (Å²) in [6.45, 7) is 9.11. The standard InChI is InChI=1S/C34H36N2O6/c1-22(2)28-34(24-14-8-6-9-15-24,25-16-10-7-11-17-25)42-32(40)36(28)29(37)23(21-41-33(3,4)5)20-35-30(38)26-18-12-13-19-27(26)31(35)39/h6-19,22-23,28H,20-21H2,1-5H3/t23-,28+/m1/s1. The second-order valence-corrected chi connectivity index (χ2v) is 12.1. The van der Waals surface area contributed by atoms with Gasteiger partial charge in [0.25, 0.3) is 11.8 Å². The summed E-state index contributed by atoms with van der Waals surface area (Å²) < 4.78 is 12.3. The fourth-order valence-corrected chi connectivity index (χ4v) is 5.91. The van der Waals surface area contributed by atoms with E-state index in [1.165, 1.54) is 4.90 Å². The van der Waals surface area contributed by atoms with Crippen LogP contribution < -0.4 is 0 Å². The lowest BCUT2D eigenvalue weighted by molar-refractivity contribution is -0.139. The lowest BCUT2D eigenvalue weighted by Gasteiger charge is -2.38. The molecule has 3 aromatic rings. The summed E-state index contributed by atoms with van der Waals surface area (Å²) in [4.78, 5) is 57.1. The number of rotatable bonds is 8. The Bertz CT molecular complexity index is 1420. The first kappa shape index (κ1) is 29.2. The topological polar surface area (TPSA) is 93.2 Å². The molecule has 0 N–H and O–H groups in total. The van der Waals surface area contributed by atoms with Crippen molar-refractivity contribution in [3.05, 3.63) is 107 Å². The van der Waals surface area contributed by atoms with E-state index in [4.69, 9.17) is 9.47 Å². The van der Waals surface area contributed by atoms with Gasteiger partial charge in [-0.2, -0.15) is 0 Å². The molecule has 8 heteroatoms. The van der Waals surface area contributed by atoms with Crippen molar-refractivity contribution >= 4 is 23.8 Å². The molecule has 5 rings (SSSR count). The van der Waals surface area contributed by atoms with Crippen LogP contribution in [0.25, 0.3) is 0 Å². The molecule has 1 fully saturated rings. The zero-order valence-electron chi connectivity index (χ0n) is 24.6. The minimum absolute atomic E-state index is 0.103. The average Bonchev–Trinajstić information content (AvgIpc) is 3.42. The van der Waals surface area contributed by atoms with Gasteiger partial charge in [0.1, 0.15) is 0 Å². The number of hydrogen-bond acceptors (Lipinski definition) is 6. The Morgan fingerprint density at radius 1 is 0.833 bits per heavy atom. The van der Waals surface area contributed by atoms with Crippen molar-refractivity contribution in [2.45, 2.75) is 51.9 Å². The molecule has 0 radical (unpaired) electrons. The van der Waals surface area contributed by atoms with Crippen LogP contribution in [-0.2, 0) is 19.9 Å². The predicted molar refractivity (Wildman–Crippen MR) is 157 cm³/mol. The lowest BCUT2D eigenvalue weighted by Crippen LogP contribution is -2.53. The summed E-state index contributed by atoms with van der Waals surface area (Å²) >= 11 is 0. The van der Waals surface area contributed by atoms with E-state index in [1.807, 2.05) is 95.3 Å². The van der Waals surface area contributed by atoms with Gasteiger partial charge in [0.2, 0.25) is 5.91 Å². The van der Waals surface area contributed by atoms with Crippen molar-refractivity contribution in [2.75, 3.05) is 13.2 Å². The van der Waals surface area contributed by atoms with E-state index in [0.29, 0.717) is 11.1 Å². The Morgan fingerprint density at radius 2 is 1.31 bits per heavy atom. The van der Waals surface area contributed by atoms with Crippen LogP contribution in [0.3, 0.4) is 0 Å². The fraction of sp³-hybridized carbons (Fsp3) is 0.353. The lowest BCUT2D eigenvalue weighted by atomic mass is 9.75. The largest absolute Gasteiger partial charge is 0.430 e. The summed E-state index contributed by atoms with van der Waals surface area (Å²) in [6.07, 6.45) is -0.783. The van der Waals surface area contributed by atoms with Crippen LogP contribution in [0.4, 0.5) is 4.79 Å². The highest BCUT2D eigenvalue weighted by molar-refractivity contribution is 6.21. The molecule has 0 saturated carbocycles. The monoisotopic (exact) mass is 568 g/mol. The molecule has 0 bridgehead atoms. The third-order valence-corrected chi connectivity index (χ3v) is 7.76. The number of imide groups is 2. The zero-order chi connectivity index (χ0) is 30.2. The molecule has 2 aliphatic rings. The quantitative estimate of drug-likeness (QED) is 0.326. The van der Waals surface area contributed by atoms with Crippen LogP contribution in [0.5, 0.6) is 0 Å². The van der Waals surface area contributed by atoms with E-state index in [2.05, 4.69) is 0 Å². The van der Waals surface area contributed by atoms with Crippen LogP contribution in [0.2, 0.25) is 0 Å². The molecular weight excluding hydrogens is 532 g/mol. The van der Waals surface area contributed by atoms with Crippen LogP contribution in [0, 0.1) is 11.8 Å². The Morgan fingerprint density at radius 3 is 1.76 bits per heavy atom. The summed E-state index contributed by atoms with van der Waals surface area (Å²) in [5.74, 6) is -2.74. The summed E-state index contributed by atoms with van der Waals surface area (Å²) in [6, 6.07) is 24.7. The molecule has 3 aromatic carbocycles. The number of fused-ring (bicyclic) bond motifs is 1. The second-order valence-electron chi connectivity index (χ2n) is 12.1. The second kappa shape index (κ2) is 11.2. The van der Waals surface area contributed by atoms with Gasteiger partial charge in [-0.05, 0) is 38.8 Å². The molecular formula is C34H36N2O6. The SMILES string of the molecule is CC(C)[C@@H]1N(C(=O)[C@@H](COC(C)(C)C)CN2C(=O)c3ccccc3C2=O)C(=O)OC1(c1ccccc1)c1ccccc1. The van der Waals surface area contributed by atoms with Crippen molar-refractivity contribution in [3.8, 4) is 0 Å². The predicted octanol–water partition coefficient (Wildman–Crippen LogP) is 5.66. The van der Waals surface area contributed by atoms with Crippen molar-refractivity contribution < 1.29 is 28.7 Å². The number of hydrogen-bond donors (Lipinski definition) is 0. The number of ether oxygens (including phenoxy) is 2. The zero-order valence-corrected chi connectivity index (χ0v) is 24.6. The molecule has 4 amide bonds. The molecule has 2 aliphatic heterocycles. The van der Waals surface area contributed by atoms with Gasteiger partial charge in [-0.15, -0.1) is 0 Å². The van der Waals surface area contributed by atoms with Crippen molar-refractivity contribution in [1.29, 1.82) is 0 Å². The molecule has 0 aliphatic carbocycles. The number of benzene rings is 3. The van der Waals surface area contributed by atoms with Crippen molar-refractivity contribution in [3.63, 3.8) is 0 Å². The number of amides is 4. The van der Waals surface area contributed by atoms with E-state index in [0.717, 1.165) is 16.0 Å². The van der Waals surface area contributed by atoms with Gasteiger partial charge in [0, 0.05) is 17.7 Å². The van der Waals surface area contributed by atoms with E-state index in [9.17, 15) is 19.2 Å². The molecule has 0 spiro atoms. The third kappa shape index (κ3) is 5.11. The molecule has 0 unspecified atom stereocenters. The Hall–Kier alpha value is -4.30. The maximum absolute atomic E-state index is 14.5. The van der Waals surface area contributed by atoms with Crippen molar-refractivity contribution in [1.82, 2.24) is 9.80 Å². The van der Waals surface area contributed by atoms with Gasteiger partial charge in [-0.1, -0.05) is 86.6 Å². The third-order valence-electron chi connectivity index (χ3n) is 7.76. The highest BCUT2D eigenvalue weighted by Crippen LogP contribution is 2.47. The molecule has 2 atom stereocenters. The van der Waals surface area contributed by atoms with E-state index < -0.39 is 47.0 Å². The normalized spacial score (nSPS) is 18.8. The van der Waals surface area contributed by atoms with Crippen LogP contribution >= 0.6 is 0 Å². The fourth-order valence-electron chi connectivity index (χ4n) is 5.91. The number of carbonyl (C=O) groups is 4. The number of cyclic esters (lactones) is 1. The smallest absolute Gasteiger partial charge is 0.418 e. The minimum atomic E-state index is -1.27. The maximum atomic E-state index is 14.5. The van der Waals surface area contributed by atoms with E-state index >= 15 is 0 Å². The molecule has 8 nitrogen and oxygen atoms in total. The van der Waals surface area contributed by atoms with Gasteiger partial charge >= 0.3 is 6.09 Å². The van der Waals surface area contributed by atoms with Crippen LogP contribution in [-0.4, -0.2) is 58.4 Å². The van der Waals surface area contributed by atoms with Gasteiger partial charge in [0.05, 0.1) is 35.3 Å². The number of carbonyl (C=O) groups excluding carboxylic acids is 4. The highest BCUT2D eigenvalue weighted by Gasteiger charge is 2.60. The van der Waals surface area contributed by atoms with Crippen molar-refractivity contribution in [2.24, 2.45) is 11.8 Å². The molecule has 2 heterocycles. The average molecular weight is 569 g/mol. The molecule has 218 valence electrons. The first-order valence-electron chi connectivity index (χ1n) is 14.2. The van der Waals surface area contributed by atoms with Gasteiger partial charge in [-0.3, -0.25) is 19.3 Å². The van der Waals surface area contributed by atoms with Crippen LogP contribution in [0.15, 0.2) is 84.9 Å². The molecule has 1 saturated heterocycles. The Kier molecular flexibility index (Phi) is 7.77. The van der Waals surface area contributed by atoms with Crippen LogP contribution in [0.1, 0.15) is 66.5 Å². The Labute approximate surface area is 246 Å². The van der Waals surface area contributed by atoms with Gasteiger partial charge in [-0.25, -0.2) is 9.69 Å². The van der Waals surface area contributed by atoms with E-state index in [-0.39, 0.29) is 19.1 Å². The first-order chi connectivity index (χ1) is 20.0. The summed E-state index contributed by atoms with van der Waals surface area (Å²) in [5, 5.41) is 0. The summed E-state index contributed by atoms with van der Waals surface area (Å²) in [7, 11) is 0. The summed E-state index contributed by atoms with van der Waals surface area (Å²) in [5.41, 5.74) is 0.176. The van der Waals surface area contributed by atoms with Gasteiger partial charge in [0.15, 0.2) is 5.60 Å².